The maximum Gasteiger partial charge on any atom is 0.128 e. The number of nitrogens with zero attached hydrogens (tertiary/aromatic N) is 1. The van der Waals surface area contributed by atoms with Crippen LogP contribution in [-0.2, 0) is 0 Å². The van der Waals surface area contributed by atoms with Gasteiger partial charge in [-0.1, -0.05) is 24.3 Å². The highest BCUT2D eigenvalue weighted by Crippen LogP contribution is 2.27. The van der Waals surface area contributed by atoms with Gasteiger partial charge in [0.2, 0.25) is 0 Å². The Bertz CT molecular complexity index is 700. The lowest BCUT2D eigenvalue weighted by Gasteiger charge is -2.08. The Morgan fingerprint density at radius 1 is 1.00 bits per heavy atom. The molecular weight excluding hydrogens is 281 g/mol. The van der Waals surface area contributed by atoms with Crippen molar-refractivity contribution < 1.29 is 4.74 Å². The van der Waals surface area contributed by atoms with Gasteiger partial charge >= 0.3 is 0 Å². The van der Waals surface area contributed by atoms with E-state index < -0.39 is 0 Å². The van der Waals surface area contributed by atoms with Crippen LogP contribution in [0.15, 0.2) is 48.5 Å². The van der Waals surface area contributed by atoms with Crippen LogP contribution in [0.1, 0.15) is 0 Å². The SMILES string of the molecule is Cl.ClCCOc1cccc2nc3ccccc3cc12. The molecule has 0 saturated carbocycles. The van der Waals surface area contributed by atoms with E-state index in [2.05, 4.69) is 17.1 Å². The van der Waals surface area contributed by atoms with Crippen LogP contribution in [0.25, 0.3) is 21.8 Å². The maximum atomic E-state index is 5.66. The molecule has 19 heavy (non-hydrogen) atoms. The van der Waals surface area contributed by atoms with Crippen LogP contribution in [0.2, 0.25) is 0 Å². The van der Waals surface area contributed by atoms with E-state index in [9.17, 15) is 0 Å². The summed E-state index contributed by atoms with van der Waals surface area (Å²) in [7, 11) is 0. The Hall–Kier alpha value is -1.51. The van der Waals surface area contributed by atoms with Gasteiger partial charge in [0.25, 0.3) is 0 Å². The number of halogens is 2. The third-order valence-corrected chi connectivity index (χ3v) is 3.01. The van der Waals surface area contributed by atoms with Crippen molar-refractivity contribution in [2.45, 2.75) is 0 Å². The second-order valence-corrected chi connectivity index (χ2v) is 4.42. The molecule has 0 N–H and O–H groups in total. The van der Waals surface area contributed by atoms with E-state index in [1.165, 1.54) is 0 Å². The fraction of sp³-hybridized carbons (Fsp3) is 0.133. The van der Waals surface area contributed by atoms with Crippen LogP contribution < -0.4 is 4.74 Å². The molecule has 0 radical (unpaired) electrons. The zero-order valence-electron chi connectivity index (χ0n) is 10.2. The number of pyridine rings is 1. The molecule has 0 aliphatic carbocycles. The minimum atomic E-state index is 0. The summed E-state index contributed by atoms with van der Waals surface area (Å²) >= 11 is 5.66. The second-order valence-electron chi connectivity index (χ2n) is 4.04. The zero-order valence-corrected chi connectivity index (χ0v) is 11.7. The van der Waals surface area contributed by atoms with Gasteiger partial charge in [0.15, 0.2) is 0 Å². The molecule has 2 nitrogen and oxygen atoms in total. The fourth-order valence-electron chi connectivity index (χ4n) is 2.05. The molecule has 0 fully saturated rings. The molecule has 0 spiro atoms. The Morgan fingerprint density at radius 3 is 2.63 bits per heavy atom. The monoisotopic (exact) mass is 293 g/mol. The first-order valence-corrected chi connectivity index (χ1v) is 6.39. The molecule has 0 aliphatic heterocycles. The first kappa shape index (κ1) is 13.9. The number of para-hydroxylation sites is 1. The largest absolute Gasteiger partial charge is 0.492 e. The van der Waals surface area contributed by atoms with Crippen LogP contribution in [-0.4, -0.2) is 17.5 Å². The summed E-state index contributed by atoms with van der Waals surface area (Å²) < 4.78 is 5.65. The van der Waals surface area contributed by atoms with Crippen molar-refractivity contribution in [3.8, 4) is 5.75 Å². The number of aromatic nitrogens is 1. The van der Waals surface area contributed by atoms with Crippen LogP contribution in [0.3, 0.4) is 0 Å². The molecule has 0 aliphatic rings. The van der Waals surface area contributed by atoms with Gasteiger partial charge < -0.3 is 4.74 Å². The Labute approximate surface area is 122 Å². The zero-order chi connectivity index (χ0) is 12.4. The minimum Gasteiger partial charge on any atom is -0.492 e. The molecular formula is C15H13Cl2NO. The first-order chi connectivity index (χ1) is 8.88. The Kier molecular flexibility index (Phi) is 4.46. The van der Waals surface area contributed by atoms with E-state index in [-0.39, 0.29) is 12.4 Å². The predicted molar refractivity (Wildman–Crippen MR) is 82.7 cm³/mol. The van der Waals surface area contributed by atoms with Crippen LogP contribution >= 0.6 is 24.0 Å². The van der Waals surface area contributed by atoms with Crippen LogP contribution in [0, 0.1) is 0 Å². The second kappa shape index (κ2) is 6.09. The lowest BCUT2D eigenvalue weighted by molar-refractivity contribution is 0.347. The van der Waals surface area contributed by atoms with Gasteiger partial charge in [-0.2, -0.15) is 0 Å². The molecule has 3 rings (SSSR count). The van der Waals surface area contributed by atoms with E-state index in [1.54, 1.807) is 0 Å². The number of benzene rings is 2. The van der Waals surface area contributed by atoms with Crippen molar-refractivity contribution in [1.29, 1.82) is 0 Å². The van der Waals surface area contributed by atoms with Crippen molar-refractivity contribution in [2.75, 3.05) is 12.5 Å². The molecule has 98 valence electrons. The highest BCUT2D eigenvalue weighted by Gasteiger charge is 2.04. The molecule has 0 bridgehead atoms. The number of fused-ring (bicyclic) bond motifs is 2. The molecule has 4 heteroatoms. The summed E-state index contributed by atoms with van der Waals surface area (Å²) in [5.41, 5.74) is 1.94. The number of hydrogen-bond acceptors (Lipinski definition) is 2. The van der Waals surface area contributed by atoms with E-state index in [4.69, 9.17) is 16.3 Å². The van der Waals surface area contributed by atoms with E-state index in [0.717, 1.165) is 27.6 Å². The standard InChI is InChI=1S/C15H12ClNO.ClH/c16-8-9-18-15-7-3-6-14-12(15)10-11-4-1-2-5-13(11)17-14;/h1-7,10H,8-9H2;1H. The fourth-order valence-corrected chi connectivity index (χ4v) is 2.12. The number of rotatable bonds is 3. The van der Waals surface area contributed by atoms with Gasteiger partial charge in [-0.05, 0) is 24.3 Å². The first-order valence-electron chi connectivity index (χ1n) is 5.86. The van der Waals surface area contributed by atoms with Crippen LogP contribution in [0.4, 0.5) is 0 Å². The van der Waals surface area contributed by atoms with Gasteiger partial charge in [-0.3, -0.25) is 0 Å². The number of alkyl halides is 1. The van der Waals surface area contributed by atoms with Crippen molar-refractivity contribution in [1.82, 2.24) is 4.98 Å². The lowest BCUT2D eigenvalue weighted by Crippen LogP contribution is -1.98. The van der Waals surface area contributed by atoms with Crippen molar-refractivity contribution in [3.05, 3.63) is 48.5 Å². The number of hydrogen-bond donors (Lipinski definition) is 0. The van der Waals surface area contributed by atoms with E-state index >= 15 is 0 Å². The van der Waals surface area contributed by atoms with Crippen LogP contribution in [0.5, 0.6) is 5.75 Å². The van der Waals surface area contributed by atoms with Crippen molar-refractivity contribution in [2.24, 2.45) is 0 Å². The molecule has 2 aromatic carbocycles. The maximum absolute atomic E-state index is 5.66. The molecule has 0 amide bonds. The lowest BCUT2D eigenvalue weighted by atomic mass is 10.1. The topological polar surface area (TPSA) is 22.1 Å². The molecule has 0 atom stereocenters. The van der Waals surface area contributed by atoms with Gasteiger partial charge in [0, 0.05) is 10.8 Å². The highest BCUT2D eigenvalue weighted by atomic mass is 35.5. The highest BCUT2D eigenvalue weighted by molar-refractivity contribution is 6.18. The van der Waals surface area contributed by atoms with Crippen molar-refractivity contribution in [3.63, 3.8) is 0 Å². The smallest absolute Gasteiger partial charge is 0.128 e. The van der Waals surface area contributed by atoms with E-state index in [0.29, 0.717) is 12.5 Å². The summed E-state index contributed by atoms with van der Waals surface area (Å²) in [6.45, 7) is 0.507. The molecule has 0 unspecified atom stereocenters. The van der Waals surface area contributed by atoms with Gasteiger partial charge in [-0.15, -0.1) is 24.0 Å². The predicted octanol–water partition coefficient (Wildman–Crippen LogP) is 4.43. The Balaban J connectivity index is 0.00000133. The van der Waals surface area contributed by atoms with Gasteiger partial charge in [0.05, 0.1) is 16.9 Å². The summed E-state index contributed by atoms with van der Waals surface area (Å²) in [6, 6.07) is 16.1. The number of ether oxygens (including phenoxy) is 1. The average Bonchev–Trinajstić information content (AvgIpc) is 2.43. The summed E-state index contributed by atoms with van der Waals surface area (Å²) in [5.74, 6) is 1.32. The summed E-state index contributed by atoms with van der Waals surface area (Å²) in [5, 5.41) is 2.15. The summed E-state index contributed by atoms with van der Waals surface area (Å²) in [4.78, 5) is 4.63. The van der Waals surface area contributed by atoms with Gasteiger partial charge in [-0.25, -0.2) is 4.98 Å². The average molecular weight is 294 g/mol. The third-order valence-electron chi connectivity index (χ3n) is 2.86. The Morgan fingerprint density at radius 2 is 1.79 bits per heavy atom. The van der Waals surface area contributed by atoms with Crippen molar-refractivity contribution >= 4 is 45.8 Å². The summed E-state index contributed by atoms with van der Waals surface area (Å²) in [6.07, 6.45) is 0. The van der Waals surface area contributed by atoms with E-state index in [1.807, 2.05) is 36.4 Å². The quantitative estimate of drug-likeness (QED) is 0.526. The van der Waals surface area contributed by atoms with Gasteiger partial charge in [0.1, 0.15) is 12.4 Å². The normalized spacial score (nSPS) is 10.4. The molecule has 0 saturated heterocycles. The molecule has 1 aromatic heterocycles. The molecule has 3 aromatic rings. The minimum absolute atomic E-state index is 0. The third kappa shape index (κ3) is 2.75. The molecule has 1 heterocycles.